The molecule has 1 aromatic heterocycles. The summed E-state index contributed by atoms with van der Waals surface area (Å²) in [4.78, 5) is 11.6. The van der Waals surface area contributed by atoms with Crippen molar-refractivity contribution < 1.29 is 9.18 Å². The van der Waals surface area contributed by atoms with Crippen LogP contribution in [0, 0.1) is 5.82 Å². The van der Waals surface area contributed by atoms with Crippen molar-refractivity contribution in [2.75, 3.05) is 6.54 Å². The quantitative estimate of drug-likeness (QED) is 0.795. The maximum absolute atomic E-state index is 12.7. The number of benzene rings is 1. The number of hydrogen-bond acceptors (Lipinski definition) is 4. The molecule has 2 aromatic rings. The highest BCUT2D eigenvalue weighted by Gasteiger charge is 2.04. The normalized spacial score (nSPS) is 10.3. The molecule has 6 nitrogen and oxygen atoms in total. The van der Waals surface area contributed by atoms with Gasteiger partial charge in [0.25, 0.3) is 0 Å². The van der Waals surface area contributed by atoms with Crippen molar-refractivity contribution in [3.05, 3.63) is 41.5 Å². The van der Waals surface area contributed by atoms with E-state index in [1.807, 2.05) is 0 Å². The highest BCUT2D eigenvalue weighted by atomic mass is 19.1. The number of aromatic nitrogens is 4. The predicted molar refractivity (Wildman–Crippen MR) is 61.0 cm³/mol. The van der Waals surface area contributed by atoms with Crippen molar-refractivity contribution in [3.63, 3.8) is 0 Å². The largest absolute Gasteiger partial charge is 0.355 e. The molecular formula is C11H12FN5O. The monoisotopic (exact) mass is 249 g/mol. The molecule has 7 heteroatoms. The molecule has 0 atom stereocenters. The second-order valence-corrected chi connectivity index (χ2v) is 3.73. The number of nitrogens with one attached hydrogen (secondary N) is 2. The Morgan fingerprint density at radius 3 is 2.78 bits per heavy atom. The summed E-state index contributed by atoms with van der Waals surface area (Å²) in [6.07, 6.45) is 0.748. The second kappa shape index (κ2) is 5.85. The van der Waals surface area contributed by atoms with Gasteiger partial charge in [-0.2, -0.15) is 5.21 Å². The number of tetrazole rings is 1. The molecule has 0 aliphatic heterocycles. The molecule has 1 amide bonds. The molecule has 1 aromatic carbocycles. The van der Waals surface area contributed by atoms with Crippen LogP contribution in [0.2, 0.25) is 0 Å². The summed E-state index contributed by atoms with van der Waals surface area (Å²) in [6.45, 7) is 0.444. The van der Waals surface area contributed by atoms with E-state index in [4.69, 9.17) is 0 Å². The van der Waals surface area contributed by atoms with Crippen LogP contribution in [-0.4, -0.2) is 33.1 Å². The van der Waals surface area contributed by atoms with Crippen molar-refractivity contribution >= 4 is 5.91 Å². The molecule has 0 radical (unpaired) electrons. The van der Waals surface area contributed by atoms with E-state index < -0.39 is 0 Å². The summed E-state index contributed by atoms with van der Waals surface area (Å²) in [5, 5.41) is 16.0. The van der Waals surface area contributed by atoms with Crippen molar-refractivity contribution in [2.24, 2.45) is 0 Å². The van der Waals surface area contributed by atoms with Gasteiger partial charge in [0.15, 0.2) is 5.82 Å². The summed E-state index contributed by atoms with van der Waals surface area (Å²) < 4.78 is 12.7. The Labute approximate surface area is 103 Å². The van der Waals surface area contributed by atoms with Crippen LogP contribution < -0.4 is 5.32 Å². The van der Waals surface area contributed by atoms with Gasteiger partial charge in [-0.15, -0.1) is 10.2 Å². The first-order valence-corrected chi connectivity index (χ1v) is 5.47. The molecule has 94 valence electrons. The molecule has 18 heavy (non-hydrogen) atoms. The zero-order chi connectivity index (χ0) is 12.8. The number of hydrogen-bond donors (Lipinski definition) is 2. The summed E-state index contributed by atoms with van der Waals surface area (Å²) >= 11 is 0. The van der Waals surface area contributed by atoms with E-state index in [1.54, 1.807) is 12.1 Å². The summed E-state index contributed by atoms with van der Waals surface area (Å²) in [6, 6.07) is 5.85. The smallest absolute Gasteiger partial charge is 0.224 e. The zero-order valence-corrected chi connectivity index (χ0v) is 9.56. The molecule has 0 spiro atoms. The van der Waals surface area contributed by atoms with Crippen molar-refractivity contribution in [1.82, 2.24) is 25.9 Å². The van der Waals surface area contributed by atoms with Crippen LogP contribution in [0.25, 0.3) is 0 Å². The SMILES string of the molecule is O=C(Cc1ccc(F)cc1)NCCc1nn[nH]n1. The highest BCUT2D eigenvalue weighted by Crippen LogP contribution is 2.03. The third-order valence-corrected chi connectivity index (χ3v) is 2.34. The van der Waals surface area contributed by atoms with Crippen molar-refractivity contribution in [1.29, 1.82) is 0 Å². The topological polar surface area (TPSA) is 83.6 Å². The summed E-state index contributed by atoms with van der Waals surface area (Å²) in [7, 11) is 0. The van der Waals surface area contributed by atoms with Crippen LogP contribution in [0.3, 0.4) is 0 Å². The number of carbonyl (C=O) groups is 1. The lowest BCUT2D eigenvalue weighted by Gasteiger charge is -2.03. The molecule has 0 saturated carbocycles. The van der Waals surface area contributed by atoms with Gasteiger partial charge in [-0.05, 0) is 17.7 Å². The standard InChI is InChI=1S/C11H12FN5O/c12-9-3-1-8(2-4-9)7-11(18)13-6-5-10-14-16-17-15-10/h1-4H,5-7H2,(H,13,18)(H,14,15,16,17). The molecule has 0 bridgehead atoms. The summed E-state index contributed by atoms with van der Waals surface area (Å²) in [5.74, 6) is 0.124. The number of amides is 1. The first-order chi connectivity index (χ1) is 8.74. The van der Waals surface area contributed by atoms with Gasteiger partial charge in [-0.25, -0.2) is 4.39 Å². The number of rotatable bonds is 5. The molecule has 1 heterocycles. The lowest BCUT2D eigenvalue weighted by molar-refractivity contribution is -0.120. The zero-order valence-electron chi connectivity index (χ0n) is 9.56. The number of halogens is 1. The molecule has 0 aliphatic carbocycles. The van der Waals surface area contributed by atoms with Crippen LogP contribution in [0.15, 0.2) is 24.3 Å². The lowest BCUT2D eigenvalue weighted by atomic mass is 10.1. The maximum atomic E-state index is 12.7. The van der Waals surface area contributed by atoms with E-state index in [0.29, 0.717) is 18.8 Å². The van der Waals surface area contributed by atoms with Gasteiger partial charge < -0.3 is 5.32 Å². The average Bonchev–Trinajstić information content (AvgIpc) is 2.85. The second-order valence-electron chi connectivity index (χ2n) is 3.73. The Balaban J connectivity index is 1.73. The van der Waals surface area contributed by atoms with E-state index in [-0.39, 0.29) is 18.1 Å². The Kier molecular flexibility index (Phi) is 3.95. The minimum atomic E-state index is -0.309. The average molecular weight is 249 g/mol. The van der Waals surface area contributed by atoms with Crippen molar-refractivity contribution in [3.8, 4) is 0 Å². The molecule has 0 fully saturated rings. The number of aromatic amines is 1. The van der Waals surface area contributed by atoms with E-state index in [1.165, 1.54) is 12.1 Å². The molecular weight excluding hydrogens is 237 g/mol. The minimum Gasteiger partial charge on any atom is -0.355 e. The molecule has 0 saturated heterocycles. The van der Waals surface area contributed by atoms with Gasteiger partial charge in [0.1, 0.15) is 5.82 Å². The Morgan fingerprint density at radius 1 is 1.33 bits per heavy atom. The Bertz CT molecular complexity index is 497. The van der Waals surface area contributed by atoms with E-state index >= 15 is 0 Å². The Hall–Kier alpha value is -2.31. The molecule has 0 aliphatic rings. The van der Waals surface area contributed by atoms with E-state index in [9.17, 15) is 9.18 Å². The Morgan fingerprint density at radius 2 is 2.11 bits per heavy atom. The van der Waals surface area contributed by atoms with Gasteiger partial charge in [0.2, 0.25) is 5.91 Å². The first kappa shape index (κ1) is 12.2. The number of carbonyl (C=O) groups excluding carboxylic acids is 1. The maximum Gasteiger partial charge on any atom is 0.224 e. The van der Waals surface area contributed by atoms with Crippen LogP contribution in [0.5, 0.6) is 0 Å². The van der Waals surface area contributed by atoms with Crippen LogP contribution in [-0.2, 0) is 17.6 Å². The van der Waals surface area contributed by atoms with Crippen LogP contribution in [0.1, 0.15) is 11.4 Å². The van der Waals surface area contributed by atoms with Gasteiger partial charge >= 0.3 is 0 Å². The van der Waals surface area contributed by atoms with Gasteiger partial charge in [-0.3, -0.25) is 4.79 Å². The minimum absolute atomic E-state index is 0.120. The lowest BCUT2D eigenvalue weighted by Crippen LogP contribution is -2.27. The third-order valence-electron chi connectivity index (χ3n) is 2.34. The van der Waals surface area contributed by atoms with Crippen molar-refractivity contribution in [2.45, 2.75) is 12.8 Å². The molecule has 2 rings (SSSR count). The van der Waals surface area contributed by atoms with Gasteiger partial charge in [0, 0.05) is 13.0 Å². The van der Waals surface area contributed by atoms with Gasteiger partial charge in [0.05, 0.1) is 6.42 Å². The summed E-state index contributed by atoms with van der Waals surface area (Å²) in [5.41, 5.74) is 0.772. The van der Waals surface area contributed by atoms with Gasteiger partial charge in [-0.1, -0.05) is 17.3 Å². The molecule has 0 unspecified atom stereocenters. The van der Waals surface area contributed by atoms with E-state index in [0.717, 1.165) is 5.56 Å². The first-order valence-electron chi connectivity index (χ1n) is 5.47. The number of nitrogens with zero attached hydrogens (tertiary/aromatic N) is 3. The predicted octanol–water partition coefficient (Wildman–Crippen LogP) is 0.240. The fraction of sp³-hybridized carbons (Fsp3) is 0.273. The third kappa shape index (κ3) is 3.62. The fourth-order valence-corrected chi connectivity index (χ4v) is 1.45. The highest BCUT2D eigenvalue weighted by molar-refractivity contribution is 5.78. The molecule has 2 N–H and O–H groups in total. The van der Waals surface area contributed by atoms with Crippen LogP contribution in [0.4, 0.5) is 4.39 Å². The van der Waals surface area contributed by atoms with Crippen LogP contribution >= 0.6 is 0 Å². The van der Waals surface area contributed by atoms with E-state index in [2.05, 4.69) is 25.9 Å². The number of H-pyrrole nitrogens is 1. The fourth-order valence-electron chi connectivity index (χ4n) is 1.45.